The van der Waals surface area contributed by atoms with E-state index in [9.17, 15) is 4.39 Å². The molecule has 0 atom stereocenters. The lowest BCUT2D eigenvalue weighted by Crippen LogP contribution is -2.06. The van der Waals surface area contributed by atoms with Crippen LogP contribution in [0.2, 0.25) is 5.02 Å². The average molecular weight is 282 g/mol. The number of nitrogens with zero attached hydrogens (tertiary/aromatic N) is 2. The van der Waals surface area contributed by atoms with Gasteiger partial charge < -0.3 is 10.3 Å². The van der Waals surface area contributed by atoms with E-state index in [1.54, 1.807) is 6.07 Å². The van der Waals surface area contributed by atoms with E-state index < -0.39 is 5.82 Å². The lowest BCUT2D eigenvalue weighted by atomic mass is 10.1. The SMILES string of the molecule is CCn1c(C(C)C)nc(-c2ccc(Cl)c(F)c2)c1N. The highest BCUT2D eigenvalue weighted by Crippen LogP contribution is 2.31. The van der Waals surface area contributed by atoms with Gasteiger partial charge in [0.05, 0.1) is 5.02 Å². The van der Waals surface area contributed by atoms with Gasteiger partial charge in [0.15, 0.2) is 0 Å². The van der Waals surface area contributed by atoms with Gasteiger partial charge in [-0.1, -0.05) is 31.5 Å². The van der Waals surface area contributed by atoms with Gasteiger partial charge in [-0.15, -0.1) is 0 Å². The minimum absolute atomic E-state index is 0.0985. The predicted octanol–water partition coefficient (Wildman–Crippen LogP) is 4.07. The smallest absolute Gasteiger partial charge is 0.142 e. The van der Waals surface area contributed by atoms with Crippen LogP contribution in [0, 0.1) is 5.82 Å². The zero-order valence-corrected chi connectivity index (χ0v) is 12.0. The second kappa shape index (κ2) is 5.21. The van der Waals surface area contributed by atoms with Gasteiger partial charge in [0.2, 0.25) is 0 Å². The van der Waals surface area contributed by atoms with Crippen molar-refractivity contribution in [1.82, 2.24) is 9.55 Å². The third-order valence-electron chi connectivity index (χ3n) is 3.06. The third kappa shape index (κ3) is 2.45. The van der Waals surface area contributed by atoms with Crippen molar-refractivity contribution in [3.8, 4) is 11.3 Å². The quantitative estimate of drug-likeness (QED) is 0.922. The second-order valence-electron chi connectivity index (χ2n) is 4.73. The summed E-state index contributed by atoms with van der Waals surface area (Å²) in [5.74, 6) is 1.27. The van der Waals surface area contributed by atoms with Crippen molar-refractivity contribution in [2.45, 2.75) is 33.2 Å². The summed E-state index contributed by atoms with van der Waals surface area (Å²) >= 11 is 5.69. The van der Waals surface area contributed by atoms with Crippen molar-refractivity contribution < 1.29 is 4.39 Å². The van der Waals surface area contributed by atoms with Gasteiger partial charge in [-0.3, -0.25) is 0 Å². The Morgan fingerprint density at radius 2 is 2.11 bits per heavy atom. The van der Waals surface area contributed by atoms with Crippen molar-refractivity contribution in [3.63, 3.8) is 0 Å². The standard InChI is InChI=1S/C14H17ClFN3/c1-4-19-13(17)12(18-14(19)8(2)3)9-5-6-10(15)11(16)7-9/h5-8H,4,17H2,1-3H3. The Kier molecular flexibility index (Phi) is 3.80. The maximum atomic E-state index is 13.5. The Bertz CT molecular complexity index is 605. The largest absolute Gasteiger partial charge is 0.383 e. The first kappa shape index (κ1) is 13.9. The van der Waals surface area contributed by atoms with Crippen molar-refractivity contribution in [3.05, 3.63) is 34.9 Å². The van der Waals surface area contributed by atoms with Crippen LogP contribution in [0.5, 0.6) is 0 Å². The number of rotatable bonds is 3. The van der Waals surface area contributed by atoms with Gasteiger partial charge in [0.25, 0.3) is 0 Å². The number of nitrogen functional groups attached to an aromatic ring is 1. The summed E-state index contributed by atoms with van der Waals surface area (Å²) in [6.07, 6.45) is 0. The molecule has 0 amide bonds. The zero-order valence-electron chi connectivity index (χ0n) is 11.2. The first-order chi connectivity index (χ1) is 8.95. The van der Waals surface area contributed by atoms with E-state index in [2.05, 4.69) is 18.8 Å². The average Bonchev–Trinajstić information content (AvgIpc) is 2.70. The monoisotopic (exact) mass is 281 g/mol. The normalized spacial score (nSPS) is 11.3. The summed E-state index contributed by atoms with van der Waals surface area (Å²) in [5.41, 5.74) is 7.38. The molecule has 0 bridgehead atoms. The summed E-state index contributed by atoms with van der Waals surface area (Å²) in [6, 6.07) is 4.62. The number of aromatic nitrogens is 2. The van der Waals surface area contributed by atoms with E-state index >= 15 is 0 Å². The van der Waals surface area contributed by atoms with Gasteiger partial charge in [-0.05, 0) is 19.1 Å². The molecule has 0 aliphatic rings. The van der Waals surface area contributed by atoms with Crippen LogP contribution in [-0.4, -0.2) is 9.55 Å². The highest BCUT2D eigenvalue weighted by molar-refractivity contribution is 6.30. The van der Waals surface area contributed by atoms with Crippen LogP contribution >= 0.6 is 11.6 Å². The second-order valence-corrected chi connectivity index (χ2v) is 5.14. The highest BCUT2D eigenvalue weighted by atomic mass is 35.5. The molecule has 102 valence electrons. The van der Waals surface area contributed by atoms with Gasteiger partial charge in [0, 0.05) is 18.0 Å². The van der Waals surface area contributed by atoms with Crippen LogP contribution in [0.15, 0.2) is 18.2 Å². The molecule has 3 nitrogen and oxygen atoms in total. The number of hydrogen-bond acceptors (Lipinski definition) is 2. The Balaban J connectivity index is 2.59. The van der Waals surface area contributed by atoms with E-state index in [-0.39, 0.29) is 10.9 Å². The maximum Gasteiger partial charge on any atom is 0.142 e. The molecule has 2 aromatic rings. The van der Waals surface area contributed by atoms with E-state index in [1.165, 1.54) is 12.1 Å². The maximum absolute atomic E-state index is 13.5. The molecule has 19 heavy (non-hydrogen) atoms. The van der Waals surface area contributed by atoms with Crippen LogP contribution in [0.3, 0.4) is 0 Å². The molecule has 0 saturated carbocycles. The lowest BCUT2D eigenvalue weighted by molar-refractivity contribution is 0.628. The summed E-state index contributed by atoms with van der Waals surface area (Å²) in [4.78, 5) is 4.55. The molecule has 5 heteroatoms. The molecule has 0 saturated heterocycles. The summed E-state index contributed by atoms with van der Waals surface area (Å²) < 4.78 is 15.5. The Hall–Kier alpha value is -1.55. The Morgan fingerprint density at radius 3 is 2.58 bits per heavy atom. The number of anilines is 1. The molecule has 0 radical (unpaired) electrons. The van der Waals surface area contributed by atoms with Crippen molar-refractivity contribution in [2.24, 2.45) is 0 Å². The molecule has 2 N–H and O–H groups in total. The van der Waals surface area contributed by atoms with Crippen LogP contribution in [-0.2, 0) is 6.54 Å². The molecule has 0 spiro atoms. The van der Waals surface area contributed by atoms with Gasteiger partial charge in [0.1, 0.15) is 23.2 Å². The molecule has 1 aromatic carbocycles. The molecule has 1 aromatic heterocycles. The number of benzene rings is 1. The minimum Gasteiger partial charge on any atom is -0.383 e. The fourth-order valence-electron chi connectivity index (χ4n) is 2.11. The molecule has 2 rings (SSSR count). The summed E-state index contributed by atoms with van der Waals surface area (Å²) in [6.45, 7) is 6.86. The highest BCUT2D eigenvalue weighted by Gasteiger charge is 2.18. The van der Waals surface area contributed by atoms with Crippen LogP contribution in [0.1, 0.15) is 32.5 Å². The fourth-order valence-corrected chi connectivity index (χ4v) is 2.23. The fraction of sp³-hybridized carbons (Fsp3) is 0.357. The summed E-state index contributed by atoms with van der Waals surface area (Å²) in [5, 5.41) is 0.0985. The first-order valence-corrected chi connectivity index (χ1v) is 6.64. The van der Waals surface area contributed by atoms with Gasteiger partial charge in [-0.25, -0.2) is 9.37 Å². The molecular formula is C14H17ClFN3. The number of nitrogens with two attached hydrogens (primary N) is 1. The topological polar surface area (TPSA) is 43.8 Å². The summed E-state index contributed by atoms with van der Waals surface area (Å²) in [7, 11) is 0. The van der Waals surface area contributed by atoms with Crippen molar-refractivity contribution in [1.29, 1.82) is 0 Å². The number of halogens is 2. The Morgan fingerprint density at radius 1 is 1.42 bits per heavy atom. The lowest BCUT2D eigenvalue weighted by Gasteiger charge is -2.08. The van der Waals surface area contributed by atoms with E-state index in [0.29, 0.717) is 17.1 Å². The van der Waals surface area contributed by atoms with Crippen LogP contribution in [0.4, 0.5) is 10.2 Å². The molecule has 0 aliphatic heterocycles. The van der Waals surface area contributed by atoms with Crippen molar-refractivity contribution >= 4 is 17.4 Å². The molecular weight excluding hydrogens is 265 g/mol. The minimum atomic E-state index is -0.462. The van der Waals surface area contributed by atoms with E-state index in [0.717, 1.165) is 12.4 Å². The molecule has 1 heterocycles. The zero-order chi connectivity index (χ0) is 14.2. The Labute approximate surface area is 117 Å². The van der Waals surface area contributed by atoms with Crippen LogP contribution < -0.4 is 5.73 Å². The van der Waals surface area contributed by atoms with Gasteiger partial charge in [-0.2, -0.15) is 0 Å². The van der Waals surface area contributed by atoms with Crippen LogP contribution in [0.25, 0.3) is 11.3 Å². The van der Waals surface area contributed by atoms with Crippen molar-refractivity contribution in [2.75, 3.05) is 5.73 Å². The molecule has 0 aliphatic carbocycles. The molecule has 0 fully saturated rings. The predicted molar refractivity (Wildman–Crippen MR) is 76.8 cm³/mol. The van der Waals surface area contributed by atoms with E-state index in [1.807, 2.05) is 11.5 Å². The number of hydrogen-bond donors (Lipinski definition) is 1. The van der Waals surface area contributed by atoms with E-state index in [4.69, 9.17) is 17.3 Å². The first-order valence-electron chi connectivity index (χ1n) is 6.27. The van der Waals surface area contributed by atoms with Gasteiger partial charge >= 0.3 is 0 Å². The molecule has 0 unspecified atom stereocenters. The third-order valence-corrected chi connectivity index (χ3v) is 3.37. The number of imidazole rings is 1.